The van der Waals surface area contributed by atoms with Gasteiger partial charge in [0.05, 0.1) is 0 Å². The number of aryl methyl sites for hydroxylation is 2. The smallest absolute Gasteiger partial charge is 0.191 e. The second-order valence-electron chi connectivity index (χ2n) is 8.13. The van der Waals surface area contributed by atoms with Crippen LogP contribution in [-0.2, 0) is 19.4 Å². The van der Waals surface area contributed by atoms with E-state index in [1.165, 1.54) is 57.2 Å². The number of rotatable bonds is 7. The highest BCUT2D eigenvalue weighted by atomic mass is 127. The number of aliphatic imine (C=N–C) groups is 1. The van der Waals surface area contributed by atoms with Crippen LogP contribution in [-0.4, -0.2) is 39.9 Å². The van der Waals surface area contributed by atoms with Crippen LogP contribution in [0.25, 0.3) is 0 Å². The molecule has 7 heteroatoms. The van der Waals surface area contributed by atoms with Gasteiger partial charge in [-0.2, -0.15) is 0 Å². The molecule has 0 atom stereocenters. The van der Waals surface area contributed by atoms with Crippen LogP contribution in [0.1, 0.15) is 83.3 Å². The second kappa shape index (κ2) is 12.6. The number of hydrogen-bond donors (Lipinski definition) is 2. The lowest BCUT2D eigenvalue weighted by Crippen LogP contribution is -2.44. The third-order valence-electron chi connectivity index (χ3n) is 6.12. The van der Waals surface area contributed by atoms with Crippen molar-refractivity contribution in [2.75, 3.05) is 13.1 Å². The molecule has 160 valence electrons. The third-order valence-corrected chi connectivity index (χ3v) is 6.12. The lowest BCUT2D eigenvalue weighted by molar-refractivity contribution is 0.304. The van der Waals surface area contributed by atoms with Crippen molar-refractivity contribution >= 4 is 29.9 Å². The van der Waals surface area contributed by atoms with Gasteiger partial charge in [0.2, 0.25) is 0 Å². The summed E-state index contributed by atoms with van der Waals surface area (Å²) in [5.74, 6) is 4.25. The van der Waals surface area contributed by atoms with Crippen molar-refractivity contribution in [2.24, 2.45) is 10.9 Å². The van der Waals surface area contributed by atoms with Crippen molar-refractivity contribution in [3.63, 3.8) is 0 Å². The predicted molar refractivity (Wildman–Crippen MR) is 126 cm³/mol. The van der Waals surface area contributed by atoms with Crippen molar-refractivity contribution < 1.29 is 0 Å². The Hall–Kier alpha value is -0.860. The van der Waals surface area contributed by atoms with E-state index in [2.05, 4.69) is 39.2 Å². The van der Waals surface area contributed by atoms with E-state index in [4.69, 9.17) is 4.99 Å². The molecule has 0 unspecified atom stereocenters. The molecule has 0 aromatic carbocycles. The van der Waals surface area contributed by atoms with Gasteiger partial charge in [-0.05, 0) is 57.8 Å². The lowest BCUT2D eigenvalue weighted by atomic mass is 9.84. The summed E-state index contributed by atoms with van der Waals surface area (Å²) >= 11 is 0. The quantitative estimate of drug-likeness (QED) is 0.255. The highest BCUT2D eigenvalue weighted by molar-refractivity contribution is 14.0. The Labute approximate surface area is 187 Å². The van der Waals surface area contributed by atoms with Gasteiger partial charge in [0.15, 0.2) is 5.96 Å². The van der Waals surface area contributed by atoms with Crippen molar-refractivity contribution in [1.29, 1.82) is 0 Å². The minimum Gasteiger partial charge on any atom is -0.357 e. The van der Waals surface area contributed by atoms with Gasteiger partial charge in [0.1, 0.15) is 11.6 Å². The number of fused-ring (bicyclic) bond motifs is 1. The maximum absolute atomic E-state index is 4.81. The summed E-state index contributed by atoms with van der Waals surface area (Å²) in [5.41, 5.74) is 0. The first kappa shape index (κ1) is 23.4. The van der Waals surface area contributed by atoms with Crippen LogP contribution < -0.4 is 10.6 Å². The van der Waals surface area contributed by atoms with E-state index in [0.717, 1.165) is 56.6 Å². The fourth-order valence-corrected chi connectivity index (χ4v) is 4.39. The number of aromatic nitrogens is 3. The molecule has 0 radical (unpaired) electrons. The van der Waals surface area contributed by atoms with Crippen molar-refractivity contribution in [3.8, 4) is 0 Å². The van der Waals surface area contributed by atoms with Crippen molar-refractivity contribution in [1.82, 2.24) is 25.4 Å². The molecule has 2 N–H and O–H groups in total. The summed E-state index contributed by atoms with van der Waals surface area (Å²) in [6, 6.07) is 0.581. The Morgan fingerprint density at radius 2 is 1.93 bits per heavy atom. The summed E-state index contributed by atoms with van der Waals surface area (Å²) in [7, 11) is 0. The van der Waals surface area contributed by atoms with E-state index in [1.54, 1.807) is 0 Å². The molecule has 1 aliphatic heterocycles. The Kier molecular flexibility index (Phi) is 10.6. The van der Waals surface area contributed by atoms with E-state index < -0.39 is 0 Å². The van der Waals surface area contributed by atoms with Gasteiger partial charge in [-0.25, -0.2) is 0 Å². The average Bonchev–Trinajstić information content (AvgIpc) is 2.92. The number of halogens is 1. The molecule has 1 aliphatic carbocycles. The summed E-state index contributed by atoms with van der Waals surface area (Å²) in [5, 5.41) is 15.9. The molecule has 1 aromatic rings. The molecule has 2 aliphatic rings. The Morgan fingerprint density at radius 1 is 1.11 bits per heavy atom. The molecule has 28 heavy (non-hydrogen) atoms. The zero-order chi connectivity index (χ0) is 18.9. The van der Waals surface area contributed by atoms with Crippen LogP contribution in [0.2, 0.25) is 0 Å². The monoisotopic (exact) mass is 502 g/mol. The maximum Gasteiger partial charge on any atom is 0.191 e. The average molecular weight is 502 g/mol. The zero-order valence-corrected chi connectivity index (χ0v) is 20.1. The zero-order valence-electron chi connectivity index (χ0n) is 17.8. The van der Waals surface area contributed by atoms with Crippen LogP contribution in [0.4, 0.5) is 0 Å². The molecule has 1 saturated carbocycles. The largest absolute Gasteiger partial charge is 0.357 e. The highest BCUT2D eigenvalue weighted by Gasteiger charge is 2.20. The standard InChI is InChI=1S/C21H38N6.HI/c1-3-17-11-13-18(14-12-17)24-21(22-4-2)23-15-8-10-20-26-25-19-9-6-5-7-16-27(19)20;/h17-18H,3-16H2,1-2H3,(H2,22,23,24);1H. The van der Waals surface area contributed by atoms with Gasteiger partial charge in [-0.15, -0.1) is 34.2 Å². The number of hydrogen-bond acceptors (Lipinski definition) is 3. The summed E-state index contributed by atoms with van der Waals surface area (Å²) < 4.78 is 2.35. The van der Waals surface area contributed by atoms with E-state index in [-0.39, 0.29) is 24.0 Å². The topological polar surface area (TPSA) is 67.1 Å². The number of nitrogens with one attached hydrogen (secondary N) is 2. The fraction of sp³-hybridized carbons (Fsp3) is 0.857. The SMILES string of the molecule is CCNC(=NCCCc1nnc2n1CCCCC2)NC1CCC(CC)CC1.I. The molecule has 1 aromatic heterocycles. The van der Waals surface area contributed by atoms with Gasteiger partial charge in [-0.3, -0.25) is 4.99 Å². The predicted octanol–water partition coefficient (Wildman–Crippen LogP) is 4.08. The first-order chi connectivity index (χ1) is 13.3. The molecule has 6 nitrogen and oxygen atoms in total. The van der Waals surface area contributed by atoms with E-state index in [1.807, 2.05) is 0 Å². The molecule has 0 bridgehead atoms. The molecule has 0 amide bonds. The Morgan fingerprint density at radius 3 is 2.68 bits per heavy atom. The van der Waals surface area contributed by atoms with Crippen LogP contribution in [0.15, 0.2) is 4.99 Å². The molecule has 0 spiro atoms. The van der Waals surface area contributed by atoms with Gasteiger partial charge in [0.25, 0.3) is 0 Å². The molecular formula is C21H39IN6. The van der Waals surface area contributed by atoms with Gasteiger partial charge < -0.3 is 15.2 Å². The molecule has 1 fully saturated rings. The normalized spacial score (nSPS) is 22.7. The fourth-order valence-electron chi connectivity index (χ4n) is 4.39. The highest BCUT2D eigenvalue weighted by Crippen LogP contribution is 2.26. The third kappa shape index (κ3) is 6.88. The number of guanidine groups is 1. The van der Waals surface area contributed by atoms with Gasteiger partial charge in [-0.1, -0.05) is 19.8 Å². The first-order valence-electron chi connectivity index (χ1n) is 11.3. The van der Waals surface area contributed by atoms with E-state index >= 15 is 0 Å². The van der Waals surface area contributed by atoms with Crippen LogP contribution in [0.5, 0.6) is 0 Å². The van der Waals surface area contributed by atoms with Gasteiger partial charge in [0, 0.05) is 38.5 Å². The maximum atomic E-state index is 4.81. The van der Waals surface area contributed by atoms with E-state index in [0.29, 0.717) is 6.04 Å². The Balaban J connectivity index is 0.00000280. The second-order valence-corrected chi connectivity index (χ2v) is 8.13. The minimum absolute atomic E-state index is 0. The molecule has 2 heterocycles. The van der Waals surface area contributed by atoms with E-state index in [9.17, 15) is 0 Å². The van der Waals surface area contributed by atoms with Gasteiger partial charge >= 0.3 is 0 Å². The molecule has 0 saturated heterocycles. The van der Waals surface area contributed by atoms with Crippen LogP contribution in [0, 0.1) is 5.92 Å². The Bertz CT molecular complexity index is 592. The molecular weight excluding hydrogens is 463 g/mol. The number of nitrogens with zero attached hydrogens (tertiary/aromatic N) is 4. The summed E-state index contributed by atoms with van der Waals surface area (Å²) in [6.07, 6.45) is 13.5. The van der Waals surface area contributed by atoms with Crippen LogP contribution >= 0.6 is 24.0 Å². The van der Waals surface area contributed by atoms with Crippen molar-refractivity contribution in [3.05, 3.63) is 11.6 Å². The van der Waals surface area contributed by atoms with Crippen LogP contribution in [0.3, 0.4) is 0 Å². The lowest BCUT2D eigenvalue weighted by Gasteiger charge is -2.29. The van der Waals surface area contributed by atoms with Crippen molar-refractivity contribution in [2.45, 2.75) is 97.1 Å². The minimum atomic E-state index is 0. The summed E-state index contributed by atoms with van der Waals surface area (Å²) in [6.45, 7) is 7.29. The first-order valence-corrected chi connectivity index (χ1v) is 11.3. The molecule has 3 rings (SSSR count). The summed E-state index contributed by atoms with van der Waals surface area (Å²) in [4.78, 5) is 4.81.